The van der Waals surface area contributed by atoms with Gasteiger partial charge in [0.05, 0.1) is 10.6 Å². The number of nitrogens with zero attached hydrogens (tertiary/aromatic N) is 2. The molecule has 1 aromatic heterocycles. The van der Waals surface area contributed by atoms with Crippen molar-refractivity contribution in [2.45, 2.75) is 6.04 Å². The van der Waals surface area contributed by atoms with Crippen molar-refractivity contribution in [2.75, 3.05) is 0 Å². The first-order chi connectivity index (χ1) is 11.6. The van der Waals surface area contributed by atoms with E-state index < -0.39 is 0 Å². The molecule has 0 saturated carbocycles. The Morgan fingerprint density at radius 1 is 1.25 bits per heavy atom. The summed E-state index contributed by atoms with van der Waals surface area (Å²) in [5.74, 6) is 0.499. The third-order valence-electron chi connectivity index (χ3n) is 3.70. The summed E-state index contributed by atoms with van der Waals surface area (Å²) >= 11 is 9.55. The first kappa shape index (κ1) is 16.7. The Kier molecular flexibility index (Phi) is 5.02. The van der Waals surface area contributed by atoms with Crippen molar-refractivity contribution >= 4 is 33.4 Å². The quantitative estimate of drug-likeness (QED) is 0.702. The molecule has 0 radical (unpaired) electrons. The lowest BCUT2D eigenvalue weighted by molar-refractivity contribution is 0.0941. The van der Waals surface area contributed by atoms with Gasteiger partial charge in [-0.2, -0.15) is 0 Å². The van der Waals surface area contributed by atoms with Gasteiger partial charge < -0.3 is 9.88 Å². The summed E-state index contributed by atoms with van der Waals surface area (Å²) in [6, 6.07) is 14.6. The van der Waals surface area contributed by atoms with Crippen LogP contribution in [0.1, 0.15) is 27.8 Å². The summed E-state index contributed by atoms with van der Waals surface area (Å²) in [5.41, 5.74) is 1.37. The standard InChI is InChI=1S/C18H15BrClN3O/c1-23-10-9-21-17(23)16(12-5-3-2-4-6-12)22-18(24)14-11-13(19)7-8-15(14)20/h2-11,16H,1H3,(H,22,24). The van der Waals surface area contributed by atoms with Crippen molar-refractivity contribution in [3.05, 3.63) is 87.4 Å². The van der Waals surface area contributed by atoms with Crippen LogP contribution in [-0.2, 0) is 7.05 Å². The minimum atomic E-state index is -0.367. The molecule has 122 valence electrons. The van der Waals surface area contributed by atoms with Crippen LogP contribution in [0.25, 0.3) is 0 Å². The number of nitrogens with one attached hydrogen (secondary N) is 1. The first-order valence-electron chi connectivity index (χ1n) is 7.34. The summed E-state index contributed by atoms with van der Waals surface area (Å²) in [7, 11) is 1.90. The Labute approximate surface area is 153 Å². The predicted octanol–water partition coefficient (Wildman–Crippen LogP) is 4.36. The highest BCUT2D eigenvalue weighted by Crippen LogP contribution is 2.24. The molecule has 0 fully saturated rings. The molecular formula is C18H15BrClN3O. The molecular weight excluding hydrogens is 390 g/mol. The van der Waals surface area contributed by atoms with E-state index in [0.717, 1.165) is 15.9 Å². The largest absolute Gasteiger partial charge is 0.338 e. The van der Waals surface area contributed by atoms with Gasteiger partial charge >= 0.3 is 0 Å². The third kappa shape index (κ3) is 3.52. The predicted molar refractivity (Wildman–Crippen MR) is 98.1 cm³/mol. The molecule has 3 rings (SSSR count). The summed E-state index contributed by atoms with van der Waals surface area (Å²) in [6.45, 7) is 0. The second kappa shape index (κ2) is 7.20. The van der Waals surface area contributed by atoms with E-state index in [9.17, 15) is 4.79 Å². The van der Waals surface area contributed by atoms with Crippen LogP contribution in [-0.4, -0.2) is 15.5 Å². The molecule has 2 aromatic carbocycles. The second-order valence-corrected chi connectivity index (χ2v) is 6.66. The Balaban J connectivity index is 1.97. The average Bonchev–Trinajstić information content (AvgIpc) is 3.01. The van der Waals surface area contributed by atoms with Gasteiger partial charge in [-0.3, -0.25) is 4.79 Å². The van der Waals surface area contributed by atoms with E-state index in [-0.39, 0.29) is 11.9 Å². The molecule has 0 spiro atoms. The lowest BCUT2D eigenvalue weighted by Gasteiger charge is -2.19. The Bertz CT molecular complexity index is 864. The fourth-order valence-electron chi connectivity index (χ4n) is 2.48. The van der Waals surface area contributed by atoms with Crippen molar-refractivity contribution < 1.29 is 4.79 Å². The van der Waals surface area contributed by atoms with Crippen molar-refractivity contribution in [1.82, 2.24) is 14.9 Å². The van der Waals surface area contributed by atoms with Crippen molar-refractivity contribution in [3.63, 3.8) is 0 Å². The highest BCUT2D eigenvalue weighted by molar-refractivity contribution is 9.10. The maximum Gasteiger partial charge on any atom is 0.253 e. The summed E-state index contributed by atoms with van der Waals surface area (Å²) in [4.78, 5) is 17.1. The number of rotatable bonds is 4. The van der Waals surface area contributed by atoms with Crippen LogP contribution < -0.4 is 5.32 Å². The molecule has 1 atom stereocenters. The van der Waals surface area contributed by atoms with Crippen LogP contribution in [0.5, 0.6) is 0 Å². The van der Waals surface area contributed by atoms with E-state index in [4.69, 9.17) is 11.6 Å². The number of aryl methyl sites for hydroxylation is 1. The van der Waals surface area contributed by atoms with Crippen LogP contribution >= 0.6 is 27.5 Å². The van der Waals surface area contributed by atoms with E-state index in [0.29, 0.717) is 10.6 Å². The summed E-state index contributed by atoms with van der Waals surface area (Å²) < 4.78 is 2.69. The third-order valence-corrected chi connectivity index (χ3v) is 4.52. The highest BCUT2D eigenvalue weighted by Gasteiger charge is 2.22. The fraction of sp³-hybridized carbons (Fsp3) is 0.111. The molecule has 0 saturated heterocycles. The maximum atomic E-state index is 12.8. The van der Waals surface area contributed by atoms with Crippen LogP contribution in [0.3, 0.4) is 0 Å². The minimum absolute atomic E-state index is 0.252. The van der Waals surface area contributed by atoms with Crippen molar-refractivity contribution in [1.29, 1.82) is 0 Å². The van der Waals surface area contributed by atoms with Gasteiger partial charge in [-0.1, -0.05) is 57.9 Å². The number of benzene rings is 2. The zero-order chi connectivity index (χ0) is 17.1. The van der Waals surface area contributed by atoms with E-state index in [1.165, 1.54) is 0 Å². The van der Waals surface area contributed by atoms with Gasteiger partial charge in [0.1, 0.15) is 11.9 Å². The van der Waals surface area contributed by atoms with Gasteiger partial charge in [0.15, 0.2) is 0 Å². The number of halogens is 2. The Morgan fingerprint density at radius 3 is 2.67 bits per heavy atom. The number of imidazole rings is 1. The van der Waals surface area contributed by atoms with Crippen molar-refractivity contribution in [2.24, 2.45) is 7.05 Å². The number of amides is 1. The lowest BCUT2D eigenvalue weighted by Crippen LogP contribution is -2.31. The number of hydrogen-bond acceptors (Lipinski definition) is 2. The molecule has 6 heteroatoms. The van der Waals surface area contributed by atoms with Gasteiger partial charge in [-0.05, 0) is 23.8 Å². The van der Waals surface area contributed by atoms with Gasteiger partial charge in [0.25, 0.3) is 5.91 Å². The number of carbonyl (C=O) groups excluding carboxylic acids is 1. The smallest absolute Gasteiger partial charge is 0.253 e. The molecule has 1 heterocycles. The zero-order valence-corrected chi connectivity index (χ0v) is 15.3. The molecule has 1 amide bonds. The average molecular weight is 405 g/mol. The Morgan fingerprint density at radius 2 is 2.00 bits per heavy atom. The molecule has 1 N–H and O–H groups in total. The highest BCUT2D eigenvalue weighted by atomic mass is 79.9. The van der Waals surface area contributed by atoms with Crippen LogP contribution in [0.4, 0.5) is 0 Å². The molecule has 4 nitrogen and oxygen atoms in total. The number of aromatic nitrogens is 2. The normalized spacial score (nSPS) is 12.0. The molecule has 3 aromatic rings. The molecule has 0 aliphatic rings. The van der Waals surface area contributed by atoms with Crippen LogP contribution in [0, 0.1) is 0 Å². The lowest BCUT2D eigenvalue weighted by atomic mass is 10.1. The Hall–Kier alpha value is -2.11. The summed E-state index contributed by atoms with van der Waals surface area (Å²) in [5, 5.41) is 3.44. The van der Waals surface area contributed by atoms with Gasteiger partial charge in [-0.15, -0.1) is 0 Å². The van der Waals surface area contributed by atoms with E-state index in [2.05, 4.69) is 26.2 Å². The zero-order valence-electron chi connectivity index (χ0n) is 12.9. The molecule has 0 aliphatic heterocycles. The summed E-state index contributed by atoms with van der Waals surface area (Å²) in [6.07, 6.45) is 3.56. The van der Waals surface area contributed by atoms with E-state index in [1.54, 1.807) is 24.4 Å². The molecule has 0 aliphatic carbocycles. The second-order valence-electron chi connectivity index (χ2n) is 5.34. The van der Waals surface area contributed by atoms with Crippen LogP contribution in [0.15, 0.2) is 65.4 Å². The molecule has 1 unspecified atom stereocenters. The van der Waals surface area contributed by atoms with E-state index >= 15 is 0 Å². The van der Waals surface area contributed by atoms with E-state index in [1.807, 2.05) is 48.1 Å². The fourth-order valence-corrected chi connectivity index (χ4v) is 3.04. The molecule has 24 heavy (non-hydrogen) atoms. The SMILES string of the molecule is Cn1ccnc1C(NC(=O)c1cc(Br)ccc1Cl)c1ccccc1. The van der Waals surface area contributed by atoms with Gasteiger partial charge in [-0.25, -0.2) is 4.98 Å². The molecule has 0 bridgehead atoms. The van der Waals surface area contributed by atoms with Crippen molar-refractivity contribution in [3.8, 4) is 0 Å². The van der Waals surface area contributed by atoms with Crippen LogP contribution in [0.2, 0.25) is 5.02 Å². The topological polar surface area (TPSA) is 46.9 Å². The number of carbonyl (C=O) groups is 1. The number of hydrogen-bond donors (Lipinski definition) is 1. The van der Waals surface area contributed by atoms with Gasteiger partial charge in [0.2, 0.25) is 0 Å². The first-order valence-corrected chi connectivity index (χ1v) is 8.51. The maximum absolute atomic E-state index is 12.8. The van der Waals surface area contributed by atoms with Gasteiger partial charge in [0, 0.05) is 23.9 Å². The monoisotopic (exact) mass is 403 g/mol. The minimum Gasteiger partial charge on any atom is -0.338 e.